The van der Waals surface area contributed by atoms with Crippen molar-refractivity contribution < 1.29 is 23.0 Å². The van der Waals surface area contributed by atoms with Gasteiger partial charge in [0.2, 0.25) is 0 Å². The van der Waals surface area contributed by atoms with Gasteiger partial charge in [0, 0.05) is 38.8 Å². The summed E-state index contributed by atoms with van der Waals surface area (Å²) in [7, 11) is 1.12. The summed E-state index contributed by atoms with van der Waals surface area (Å²) < 4.78 is 41.4. The van der Waals surface area contributed by atoms with Crippen molar-refractivity contribution in [3.8, 4) is 11.5 Å². The smallest absolute Gasteiger partial charge is 0.282 e. The monoisotopic (exact) mass is 531 g/mol. The topological polar surface area (TPSA) is 91.3 Å². The van der Waals surface area contributed by atoms with Gasteiger partial charge in [0.25, 0.3) is 10.2 Å². The molecule has 3 atom stereocenters. The van der Waals surface area contributed by atoms with Crippen LogP contribution in [0.5, 0.6) is 11.5 Å². The first kappa shape index (κ1) is 27.9. The minimum atomic E-state index is -3.66. The van der Waals surface area contributed by atoms with Crippen LogP contribution in [0.15, 0.2) is 48.5 Å². The molecule has 0 amide bonds. The zero-order valence-corrected chi connectivity index (χ0v) is 23.2. The van der Waals surface area contributed by atoms with E-state index in [2.05, 4.69) is 18.3 Å². The molecule has 1 unspecified atom stereocenters. The second-order valence-corrected chi connectivity index (χ2v) is 12.7. The number of hydrogen-bond acceptors (Lipinski definition) is 6. The SMILES string of the molecule is COc1ccc(CN([C@H]2C[C@@H](C)NC2COC2CCC(c3cccc(O)c3)CC2)S(=O)(=O)N(C)C)cc1. The maximum Gasteiger partial charge on any atom is 0.282 e. The van der Waals surface area contributed by atoms with Crippen LogP contribution in [0.3, 0.4) is 0 Å². The van der Waals surface area contributed by atoms with E-state index in [9.17, 15) is 13.5 Å². The third kappa shape index (κ3) is 6.83. The molecule has 0 radical (unpaired) electrons. The summed E-state index contributed by atoms with van der Waals surface area (Å²) in [6.07, 6.45) is 4.83. The molecule has 4 rings (SSSR count). The van der Waals surface area contributed by atoms with Crippen molar-refractivity contribution in [1.82, 2.24) is 13.9 Å². The first-order chi connectivity index (χ1) is 17.7. The van der Waals surface area contributed by atoms with Gasteiger partial charge < -0.3 is 19.9 Å². The van der Waals surface area contributed by atoms with Crippen LogP contribution in [0.2, 0.25) is 0 Å². The fourth-order valence-corrected chi connectivity index (χ4v) is 6.93. The van der Waals surface area contributed by atoms with Gasteiger partial charge in [-0.05, 0) is 80.3 Å². The van der Waals surface area contributed by atoms with Crippen LogP contribution in [0.1, 0.15) is 56.1 Å². The van der Waals surface area contributed by atoms with Crippen LogP contribution in [-0.4, -0.2) is 74.2 Å². The van der Waals surface area contributed by atoms with Gasteiger partial charge in [0.15, 0.2) is 0 Å². The van der Waals surface area contributed by atoms with E-state index in [1.807, 2.05) is 36.4 Å². The Labute approximate surface area is 221 Å². The second kappa shape index (κ2) is 12.1. The maximum absolute atomic E-state index is 13.4. The Balaban J connectivity index is 1.41. The number of ether oxygens (including phenoxy) is 2. The average molecular weight is 532 g/mol. The highest BCUT2D eigenvalue weighted by Gasteiger charge is 2.42. The van der Waals surface area contributed by atoms with Crippen LogP contribution in [0.25, 0.3) is 0 Å². The Kier molecular flexibility index (Phi) is 9.13. The van der Waals surface area contributed by atoms with Crippen molar-refractivity contribution in [2.45, 2.75) is 75.7 Å². The molecule has 1 aliphatic carbocycles. The molecule has 9 heteroatoms. The van der Waals surface area contributed by atoms with E-state index >= 15 is 0 Å². The molecule has 0 bridgehead atoms. The predicted molar refractivity (Wildman–Crippen MR) is 145 cm³/mol. The van der Waals surface area contributed by atoms with E-state index in [-0.39, 0.29) is 30.8 Å². The summed E-state index contributed by atoms with van der Waals surface area (Å²) in [5, 5.41) is 13.4. The molecule has 2 aliphatic rings. The Morgan fingerprint density at radius 2 is 1.76 bits per heavy atom. The van der Waals surface area contributed by atoms with Gasteiger partial charge in [0.1, 0.15) is 11.5 Å². The lowest BCUT2D eigenvalue weighted by molar-refractivity contribution is 0.00750. The third-order valence-electron chi connectivity index (χ3n) is 7.71. The first-order valence-corrected chi connectivity index (χ1v) is 14.6. The lowest BCUT2D eigenvalue weighted by atomic mass is 9.82. The molecule has 2 fully saturated rings. The summed E-state index contributed by atoms with van der Waals surface area (Å²) >= 11 is 0. The molecule has 0 aromatic heterocycles. The first-order valence-electron chi connectivity index (χ1n) is 13.2. The van der Waals surface area contributed by atoms with Gasteiger partial charge in [-0.2, -0.15) is 17.0 Å². The minimum absolute atomic E-state index is 0.0910. The molecular weight excluding hydrogens is 490 g/mol. The van der Waals surface area contributed by atoms with Gasteiger partial charge in [-0.3, -0.25) is 0 Å². The Bertz CT molecular complexity index is 1120. The molecule has 37 heavy (non-hydrogen) atoms. The van der Waals surface area contributed by atoms with Crippen LogP contribution >= 0.6 is 0 Å². The molecule has 1 saturated heterocycles. The minimum Gasteiger partial charge on any atom is -0.508 e. The predicted octanol–water partition coefficient (Wildman–Crippen LogP) is 3.87. The summed E-state index contributed by atoms with van der Waals surface area (Å²) in [5.74, 6) is 1.50. The highest BCUT2D eigenvalue weighted by atomic mass is 32.2. The molecule has 1 saturated carbocycles. The Morgan fingerprint density at radius 1 is 1.05 bits per heavy atom. The van der Waals surface area contributed by atoms with Gasteiger partial charge in [-0.1, -0.05) is 24.3 Å². The quantitative estimate of drug-likeness (QED) is 0.484. The number of benzene rings is 2. The number of nitrogens with zero attached hydrogens (tertiary/aromatic N) is 2. The van der Waals surface area contributed by atoms with E-state index in [0.29, 0.717) is 18.3 Å². The molecule has 1 aliphatic heterocycles. The van der Waals surface area contributed by atoms with Gasteiger partial charge >= 0.3 is 0 Å². The van der Waals surface area contributed by atoms with Crippen LogP contribution < -0.4 is 10.1 Å². The number of nitrogens with one attached hydrogen (secondary N) is 1. The fraction of sp³-hybridized carbons (Fsp3) is 0.571. The highest BCUT2D eigenvalue weighted by Crippen LogP contribution is 2.35. The van der Waals surface area contributed by atoms with Crippen LogP contribution in [0, 0.1) is 0 Å². The average Bonchev–Trinajstić information content (AvgIpc) is 3.26. The standard InChI is InChI=1S/C28H41N3O5S/c1-20-16-28(31(37(33,34)30(2)3)18-21-8-12-25(35-4)13-9-21)27(29-20)19-36-26-14-10-22(11-15-26)23-6-5-7-24(32)17-23/h5-9,12-13,17,20,22,26-29,32H,10-11,14-16,18-19H2,1-4H3/t20-,22?,26?,27?,28+/m1/s1. The largest absolute Gasteiger partial charge is 0.508 e. The van der Waals surface area contributed by atoms with Crippen molar-refractivity contribution in [3.63, 3.8) is 0 Å². The van der Waals surface area contributed by atoms with Crippen LogP contribution in [0.4, 0.5) is 0 Å². The maximum atomic E-state index is 13.4. The molecule has 1 heterocycles. The number of phenols is 1. The van der Waals surface area contributed by atoms with E-state index in [1.54, 1.807) is 31.6 Å². The normalized spacial score (nSPS) is 26.6. The van der Waals surface area contributed by atoms with Crippen molar-refractivity contribution in [2.24, 2.45) is 0 Å². The highest BCUT2D eigenvalue weighted by molar-refractivity contribution is 7.86. The molecule has 0 spiro atoms. The molecule has 8 nitrogen and oxygen atoms in total. The number of hydrogen-bond donors (Lipinski definition) is 2. The van der Waals surface area contributed by atoms with Gasteiger partial charge in [-0.25, -0.2) is 0 Å². The van der Waals surface area contributed by atoms with Crippen molar-refractivity contribution >= 4 is 10.2 Å². The van der Waals surface area contributed by atoms with E-state index in [4.69, 9.17) is 9.47 Å². The summed E-state index contributed by atoms with van der Waals surface area (Å²) in [4.78, 5) is 0. The molecule has 2 N–H and O–H groups in total. The zero-order valence-electron chi connectivity index (χ0n) is 22.3. The summed E-state index contributed by atoms with van der Waals surface area (Å²) in [6.45, 7) is 2.86. The molecule has 204 valence electrons. The van der Waals surface area contributed by atoms with Crippen molar-refractivity contribution in [1.29, 1.82) is 0 Å². The Hall–Kier alpha value is -2.17. The lowest BCUT2D eigenvalue weighted by Crippen LogP contribution is -2.52. The second-order valence-electron chi connectivity index (χ2n) is 10.6. The van der Waals surface area contributed by atoms with Gasteiger partial charge in [0.05, 0.1) is 19.8 Å². The molecular formula is C28H41N3O5S. The van der Waals surface area contributed by atoms with E-state index in [0.717, 1.165) is 43.4 Å². The van der Waals surface area contributed by atoms with Crippen molar-refractivity contribution in [2.75, 3.05) is 27.8 Å². The van der Waals surface area contributed by atoms with E-state index < -0.39 is 10.2 Å². The van der Waals surface area contributed by atoms with Crippen molar-refractivity contribution in [3.05, 3.63) is 59.7 Å². The number of aromatic hydroxyl groups is 1. The van der Waals surface area contributed by atoms with Gasteiger partial charge in [-0.15, -0.1) is 0 Å². The number of rotatable bonds is 10. The zero-order chi connectivity index (χ0) is 26.6. The molecule has 2 aromatic carbocycles. The summed E-state index contributed by atoms with van der Waals surface area (Å²) in [6, 6.07) is 15.0. The molecule has 2 aromatic rings. The third-order valence-corrected chi connectivity index (χ3v) is 9.63. The fourth-order valence-electron chi connectivity index (χ4n) is 5.62. The van der Waals surface area contributed by atoms with E-state index in [1.165, 1.54) is 9.87 Å². The lowest BCUT2D eigenvalue weighted by Gasteiger charge is -2.35. The number of phenolic OH excluding ortho intramolecular Hbond substituents is 1. The van der Waals surface area contributed by atoms with Crippen LogP contribution in [-0.2, 0) is 21.5 Å². The number of methoxy groups -OCH3 is 1. The summed E-state index contributed by atoms with van der Waals surface area (Å²) in [5.41, 5.74) is 2.10. The Morgan fingerprint density at radius 3 is 2.38 bits per heavy atom.